The van der Waals surface area contributed by atoms with Crippen LogP contribution in [0.2, 0.25) is 0 Å². The second kappa shape index (κ2) is 7.11. The van der Waals surface area contributed by atoms with Gasteiger partial charge in [-0.3, -0.25) is 0 Å². The molecule has 10 heteroatoms. The maximum atomic E-state index is 11.0. The first-order chi connectivity index (χ1) is 11.2. The van der Waals surface area contributed by atoms with Gasteiger partial charge in [0.25, 0.3) is 0 Å². The molecule has 24 heavy (non-hydrogen) atoms. The van der Waals surface area contributed by atoms with Crippen molar-refractivity contribution >= 4 is 11.9 Å². The van der Waals surface area contributed by atoms with Crippen LogP contribution in [0.1, 0.15) is 20.7 Å². The van der Waals surface area contributed by atoms with Crippen LogP contribution in [0, 0.1) is 0 Å². The van der Waals surface area contributed by atoms with Crippen molar-refractivity contribution in [1.29, 1.82) is 0 Å². The zero-order valence-electron chi connectivity index (χ0n) is 12.1. The average molecular weight is 344 g/mol. The van der Waals surface area contributed by atoms with Gasteiger partial charge in [0.05, 0.1) is 17.7 Å². The number of ether oxygens (including phenoxy) is 2. The standard InChI is InChI=1S/C14H16O10/c15-4-8-9(16)10(17)11(18)14(24-8)23-7-2-5(12(19)20)1-6(3-7)13(21)22/h1-3,8-11,14-18H,4H2,(H,19,20)(H,21,22). The average Bonchev–Trinajstić information content (AvgIpc) is 2.55. The van der Waals surface area contributed by atoms with Gasteiger partial charge < -0.3 is 40.1 Å². The molecular weight excluding hydrogens is 328 g/mol. The van der Waals surface area contributed by atoms with Crippen LogP contribution in [0.25, 0.3) is 0 Å². The molecule has 1 aromatic rings. The molecule has 5 unspecified atom stereocenters. The van der Waals surface area contributed by atoms with E-state index in [1.807, 2.05) is 0 Å². The van der Waals surface area contributed by atoms with Crippen molar-refractivity contribution in [3.8, 4) is 5.75 Å². The Kier molecular flexibility index (Phi) is 5.36. The van der Waals surface area contributed by atoms with E-state index in [1.165, 1.54) is 0 Å². The number of rotatable bonds is 5. The summed E-state index contributed by atoms with van der Waals surface area (Å²) in [4.78, 5) is 22.1. The summed E-state index contributed by atoms with van der Waals surface area (Å²) in [7, 11) is 0. The Labute approximate surface area is 135 Å². The van der Waals surface area contributed by atoms with Crippen molar-refractivity contribution in [1.82, 2.24) is 0 Å². The lowest BCUT2D eigenvalue weighted by atomic mass is 9.99. The van der Waals surface area contributed by atoms with Crippen molar-refractivity contribution in [2.45, 2.75) is 30.7 Å². The maximum absolute atomic E-state index is 11.0. The summed E-state index contributed by atoms with van der Waals surface area (Å²) in [6.07, 6.45) is -7.72. The Bertz CT molecular complexity index is 596. The first-order valence-electron chi connectivity index (χ1n) is 6.83. The highest BCUT2D eigenvalue weighted by atomic mass is 16.7. The third-order valence-corrected chi connectivity index (χ3v) is 3.50. The molecule has 1 saturated heterocycles. The minimum absolute atomic E-state index is 0.239. The van der Waals surface area contributed by atoms with Crippen LogP contribution in [0.3, 0.4) is 0 Å². The van der Waals surface area contributed by atoms with Crippen molar-refractivity contribution in [3.05, 3.63) is 29.3 Å². The van der Waals surface area contributed by atoms with Gasteiger partial charge >= 0.3 is 11.9 Å². The molecule has 1 aliphatic rings. The van der Waals surface area contributed by atoms with Crippen LogP contribution in [-0.4, -0.2) is 79.9 Å². The molecule has 1 aliphatic heterocycles. The number of hydrogen-bond donors (Lipinski definition) is 6. The van der Waals surface area contributed by atoms with Crippen molar-refractivity contribution in [3.63, 3.8) is 0 Å². The van der Waals surface area contributed by atoms with Gasteiger partial charge in [-0.1, -0.05) is 0 Å². The summed E-state index contributed by atoms with van der Waals surface area (Å²) in [5.74, 6) is -3.02. The molecule has 0 aliphatic carbocycles. The third kappa shape index (κ3) is 3.63. The predicted molar refractivity (Wildman–Crippen MR) is 74.8 cm³/mol. The molecular formula is C14H16O10. The summed E-state index contributed by atoms with van der Waals surface area (Å²) < 4.78 is 10.3. The molecule has 0 spiro atoms. The number of hydrogen-bond acceptors (Lipinski definition) is 8. The van der Waals surface area contributed by atoms with Gasteiger partial charge in [0.1, 0.15) is 30.2 Å². The molecule has 1 aromatic carbocycles. The highest BCUT2D eigenvalue weighted by Crippen LogP contribution is 2.26. The molecule has 1 heterocycles. The van der Waals surface area contributed by atoms with Crippen LogP contribution in [0.4, 0.5) is 0 Å². The van der Waals surface area contributed by atoms with Crippen molar-refractivity contribution < 1.29 is 49.7 Å². The van der Waals surface area contributed by atoms with E-state index in [1.54, 1.807) is 0 Å². The molecule has 0 amide bonds. The molecule has 0 saturated carbocycles. The summed E-state index contributed by atoms with van der Waals surface area (Å²) in [5, 5.41) is 56.3. The van der Waals surface area contributed by atoms with E-state index in [9.17, 15) is 24.9 Å². The van der Waals surface area contributed by atoms with E-state index in [2.05, 4.69) is 0 Å². The van der Waals surface area contributed by atoms with E-state index in [-0.39, 0.29) is 16.9 Å². The molecule has 1 fully saturated rings. The SMILES string of the molecule is O=C(O)c1cc(OC2OC(CO)C(O)C(O)C2O)cc(C(=O)O)c1. The summed E-state index contributed by atoms with van der Waals surface area (Å²) >= 11 is 0. The zero-order chi connectivity index (χ0) is 18.0. The second-order valence-electron chi connectivity index (χ2n) is 5.17. The van der Waals surface area contributed by atoms with Gasteiger partial charge in [-0.2, -0.15) is 0 Å². The van der Waals surface area contributed by atoms with E-state index >= 15 is 0 Å². The molecule has 0 aromatic heterocycles. The molecule has 5 atom stereocenters. The zero-order valence-corrected chi connectivity index (χ0v) is 12.1. The molecule has 132 valence electrons. The number of carbonyl (C=O) groups is 2. The number of benzene rings is 1. The number of aliphatic hydroxyl groups excluding tert-OH is 4. The minimum atomic E-state index is -1.70. The fraction of sp³-hybridized carbons (Fsp3) is 0.429. The molecule has 10 nitrogen and oxygen atoms in total. The van der Waals surface area contributed by atoms with Gasteiger partial charge in [-0.25, -0.2) is 9.59 Å². The number of carboxylic acid groups (broad SMARTS) is 2. The quantitative estimate of drug-likeness (QED) is 0.360. The van der Waals surface area contributed by atoms with Gasteiger partial charge in [-0.05, 0) is 18.2 Å². The van der Waals surface area contributed by atoms with Crippen LogP contribution in [0.15, 0.2) is 18.2 Å². The summed E-state index contributed by atoms with van der Waals surface area (Å²) in [5.41, 5.74) is -0.732. The van der Waals surface area contributed by atoms with Crippen molar-refractivity contribution in [2.24, 2.45) is 0 Å². The molecule has 0 radical (unpaired) electrons. The van der Waals surface area contributed by atoms with Gasteiger partial charge in [-0.15, -0.1) is 0 Å². The number of aromatic carboxylic acids is 2. The van der Waals surface area contributed by atoms with E-state index in [0.717, 1.165) is 18.2 Å². The first-order valence-corrected chi connectivity index (χ1v) is 6.83. The van der Waals surface area contributed by atoms with Gasteiger partial charge in [0, 0.05) is 0 Å². The number of aliphatic hydroxyl groups is 4. The van der Waals surface area contributed by atoms with Gasteiger partial charge in [0.15, 0.2) is 0 Å². The fourth-order valence-corrected chi connectivity index (χ4v) is 2.21. The van der Waals surface area contributed by atoms with Crippen LogP contribution >= 0.6 is 0 Å². The lowest BCUT2D eigenvalue weighted by molar-refractivity contribution is -0.277. The second-order valence-corrected chi connectivity index (χ2v) is 5.17. The predicted octanol–water partition coefficient (Wildman–Crippen LogP) is -1.74. The summed E-state index contributed by atoms with van der Waals surface area (Å²) in [6.45, 7) is -0.666. The summed E-state index contributed by atoms with van der Waals surface area (Å²) in [6, 6.07) is 2.94. The largest absolute Gasteiger partial charge is 0.478 e. The molecule has 6 N–H and O–H groups in total. The van der Waals surface area contributed by atoms with Gasteiger partial charge in [0.2, 0.25) is 6.29 Å². The topological polar surface area (TPSA) is 174 Å². The Hall–Kier alpha value is -2.24. The lowest BCUT2D eigenvalue weighted by Gasteiger charge is -2.39. The maximum Gasteiger partial charge on any atom is 0.335 e. The van der Waals surface area contributed by atoms with E-state index in [0.29, 0.717) is 0 Å². The minimum Gasteiger partial charge on any atom is -0.478 e. The highest BCUT2D eigenvalue weighted by molar-refractivity contribution is 5.94. The third-order valence-electron chi connectivity index (χ3n) is 3.50. The smallest absolute Gasteiger partial charge is 0.335 e. The van der Waals surface area contributed by atoms with Crippen LogP contribution in [-0.2, 0) is 4.74 Å². The Balaban J connectivity index is 2.29. The molecule has 2 rings (SSSR count). The monoisotopic (exact) mass is 344 g/mol. The Morgan fingerprint density at radius 1 is 0.958 bits per heavy atom. The first kappa shape index (κ1) is 18.1. The number of carboxylic acids is 2. The van der Waals surface area contributed by atoms with Crippen LogP contribution < -0.4 is 4.74 Å². The highest BCUT2D eigenvalue weighted by Gasteiger charge is 2.44. The normalized spacial score (nSPS) is 29.9. The van der Waals surface area contributed by atoms with E-state index in [4.69, 9.17) is 24.8 Å². The van der Waals surface area contributed by atoms with Crippen molar-refractivity contribution in [2.75, 3.05) is 6.61 Å². The molecule has 0 bridgehead atoms. The van der Waals surface area contributed by atoms with Crippen LogP contribution in [0.5, 0.6) is 5.75 Å². The Morgan fingerprint density at radius 2 is 1.50 bits per heavy atom. The van der Waals surface area contributed by atoms with E-state index < -0.39 is 49.3 Å². The Morgan fingerprint density at radius 3 is 1.96 bits per heavy atom. The lowest BCUT2D eigenvalue weighted by Crippen LogP contribution is -2.60. The fourth-order valence-electron chi connectivity index (χ4n) is 2.21.